The van der Waals surface area contributed by atoms with Crippen LogP contribution < -0.4 is 5.32 Å². The third-order valence-corrected chi connectivity index (χ3v) is 2.58. The summed E-state index contributed by atoms with van der Waals surface area (Å²) in [5.41, 5.74) is 1.06. The first-order chi connectivity index (χ1) is 5.77. The number of hydrogen-bond acceptors (Lipinski definition) is 2. The standard InChI is InChI=1S/C8H8Cl2N2/c9-6-1-7(5-2-11-3-5)8(10)12-4-6/h1,4-5,11H,2-3H2. The Hall–Kier alpha value is -0.310. The molecular weight excluding hydrogens is 195 g/mol. The van der Waals surface area contributed by atoms with E-state index in [1.165, 1.54) is 0 Å². The number of nitrogens with zero attached hydrogens (tertiary/aromatic N) is 1. The fourth-order valence-electron chi connectivity index (χ4n) is 1.23. The van der Waals surface area contributed by atoms with Crippen LogP contribution >= 0.6 is 23.2 Å². The molecule has 1 saturated heterocycles. The summed E-state index contributed by atoms with van der Waals surface area (Å²) in [6.07, 6.45) is 1.57. The van der Waals surface area contributed by atoms with Crippen molar-refractivity contribution in [3.8, 4) is 0 Å². The fourth-order valence-corrected chi connectivity index (χ4v) is 1.66. The summed E-state index contributed by atoms with van der Waals surface area (Å²) >= 11 is 11.7. The van der Waals surface area contributed by atoms with Crippen molar-refractivity contribution in [2.24, 2.45) is 0 Å². The highest BCUT2D eigenvalue weighted by molar-refractivity contribution is 6.32. The second kappa shape index (κ2) is 3.21. The topological polar surface area (TPSA) is 24.9 Å². The van der Waals surface area contributed by atoms with Crippen LogP contribution in [-0.2, 0) is 0 Å². The van der Waals surface area contributed by atoms with Crippen LogP contribution in [0.15, 0.2) is 12.3 Å². The Morgan fingerprint density at radius 1 is 1.42 bits per heavy atom. The molecule has 2 nitrogen and oxygen atoms in total. The Morgan fingerprint density at radius 2 is 2.17 bits per heavy atom. The minimum Gasteiger partial charge on any atom is -0.315 e. The second-order valence-electron chi connectivity index (χ2n) is 2.89. The third-order valence-electron chi connectivity index (χ3n) is 2.05. The lowest BCUT2D eigenvalue weighted by molar-refractivity contribution is 0.447. The van der Waals surface area contributed by atoms with Gasteiger partial charge in [0.25, 0.3) is 0 Å². The molecule has 1 aromatic heterocycles. The van der Waals surface area contributed by atoms with Crippen molar-refractivity contribution in [1.29, 1.82) is 0 Å². The normalized spacial score (nSPS) is 17.5. The highest BCUT2D eigenvalue weighted by Gasteiger charge is 2.21. The quantitative estimate of drug-likeness (QED) is 0.706. The summed E-state index contributed by atoms with van der Waals surface area (Å²) in [5, 5.41) is 4.41. The van der Waals surface area contributed by atoms with E-state index in [0.29, 0.717) is 16.1 Å². The maximum Gasteiger partial charge on any atom is 0.132 e. The number of aromatic nitrogens is 1. The van der Waals surface area contributed by atoms with Gasteiger partial charge in [0.15, 0.2) is 0 Å². The maximum atomic E-state index is 5.91. The number of pyridine rings is 1. The van der Waals surface area contributed by atoms with Crippen LogP contribution in [0.1, 0.15) is 11.5 Å². The SMILES string of the molecule is Clc1cnc(Cl)c(C2CNC2)c1. The molecule has 2 heterocycles. The Labute approximate surface area is 80.9 Å². The first-order valence-corrected chi connectivity index (χ1v) is 4.54. The van der Waals surface area contributed by atoms with Gasteiger partial charge in [0.2, 0.25) is 0 Å². The first kappa shape index (κ1) is 8.30. The number of halogens is 2. The maximum absolute atomic E-state index is 5.91. The van der Waals surface area contributed by atoms with Crippen LogP contribution in [0, 0.1) is 0 Å². The van der Waals surface area contributed by atoms with Gasteiger partial charge in [-0.25, -0.2) is 4.98 Å². The summed E-state index contributed by atoms with van der Waals surface area (Å²) in [4.78, 5) is 3.99. The van der Waals surface area contributed by atoms with E-state index in [4.69, 9.17) is 23.2 Å². The predicted octanol–water partition coefficient (Wildman–Crippen LogP) is 2.08. The average molecular weight is 203 g/mol. The molecule has 0 atom stereocenters. The van der Waals surface area contributed by atoms with Crippen molar-refractivity contribution >= 4 is 23.2 Å². The zero-order valence-corrected chi connectivity index (χ0v) is 7.86. The van der Waals surface area contributed by atoms with Gasteiger partial charge < -0.3 is 5.32 Å². The predicted molar refractivity (Wildman–Crippen MR) is 49.9 cm³/mol. The van der Waals surface area contributed by atoms with E-state index in [2.05, 4.69) is 10.3 Å². The van der Waals surface area contributed by atoms with Crippen molar-refractivity contribution in [3.63, 3.8) is 0 Å². The van der Waals surface area contributed by atoms with Gasteiger partial charge in [-0.05, 0) is 11.6 Å². The minimum atomic E-state index is 0.490. The smallest absolute Gasteiger partial charge is 0.132 e. The molecule has 0 amide bonds. The number of nitrogens with one attached hydrogen (secondary N) is 1. The van der Waals surface area contributed by atoms with E-state index in [1.807, 2.05) is 6.07 Å². The lowest BCUT2D eigenvalue weighted by atomic mass is 9.95. The molecule has 64 valence electrons. The zero-order valence-electron chi connectivity index (χ0n) is 6.35. The molecule has 0 aromatic carbocycles. The van der Waals surface area contributed by atoms with Crippen LogP contribution in [0.2, 0.25) is 10.2 Å². The largest absolute Gasteiger partial charge is 0.315 e. The molecule has 0 unspecified atom stereocenters. The second-order valence-corrected chi connectivity index (χ2v) is 3.68. The Morgan fingerprint density at radius 3 is 2.75 bits per heavy atom. The van der Waals surface area contributed by atoms with Crippen LogP contribution in [-0.4, -0.2) is 18.1 Å². The molecule has 12 heavy (non-hydrogen) atoms. The van der Waals surface area contributed by atoms with Crippen LogP contribution in [0.3, 0.4) is 0 Å². The number of hydrogen-bond donors (Lipinski definition) is 1. The molecule has 2 rings (SSSR count). The van der Waals surface area contributed by atoms with Crippen molar-refractivity contribution in [2.45, 2.75) is 5.92 Å². The molecule has 4 heteroatoms. The molecule has 0 saturated carbocycles. The lowest BCUT2D eigenvalue weighted by Crippen LogP contribution is -2.40. The number of rotatable bonds is 1. The molecule has 1 fully saturated rings. The molecule has 1 aromatic rings. The van der Waals surface area contributed by atoms with Gasteiger partial charge >= 0.3 is 0 Å². The lowest BCUT2D eigenvalue weighted by Gasteiger charge is -2.27. The molecule has 1 aliphatic rings. The summed E-state index contributed by atoms with van der Waals surface area (Å²) in [7, 11) is 0. The van der Waals surface area contributed by atoms with Gasteiger partial charge in [-0.1, -0.05) is 23.2 Å². The molecular formula is C8H8Cl2N2. The molecule has 0 aliphatic carbocycles. The summed E-state index contributed by atoms with van der Waals surface area (Å²) in [6, 6.07) is 1.89. The molecule has 1 aliphatic heterocycles. The fraction of sp³-hybridized carbons (Fsp3) is 0.375. The Bertz CT molecular complexity index is 297. The van der Waals surface area contributed by atoms with Crippen molar-refractivity contribution in [3.05, 3.63) is 28.0 Å². The van der Waals surface area contributed by atoms with Gasteiger partial charge in [-0.3, -0.25) is 0 Å². The van der Waals surface area contributed by atoms with Crippen molar-refractivity contribution < 1.29 is 0 Å². The first-order valence-electron chi connectivity index (χ1n) is 3.79. The zero-order chi connectivity index (χ0) is 8.55. The minimum absolute atomic E-state index is 0.490. The highest BCUT2D eigenvalue weighted by atomic mass is 35.5. The van der Waals surface area contributed by atoms with E-state index in [0.717, 1.165) is 18.7 Å². The summed E-state index contributed by atoms with van der Waals surface area (Å²) in [5.74, 6) is 0.490. The van der Waals surface area contributed by atoms with Crippen molar-refractivity contribution in [1.82, 2.24) is 10.3 Å². The van der Waals surface area contributed by atoms with E-state index in [-0.39, 0.29) is 0 Å². The average Bonchev–Trinajstić information content (AvgIpc) is 1.93. The Kier molecular flexibility index (Phi) is 2.22. The van der Waals surface area contributed by atoms with E-state index >= 15 is 0 Å². The summed E-state index contributed by atoms with van der Waals surface area (Å²) < 4.78 is 0. The molecule has 0 spiro atoms. The molecule has 0 bridgehead atoms. The molecule has 1 N–H and O–H groups in total. The van der Waals surface area contributed by atoms with Gasteiger partial charge in [0, 0.05) is 25.2 Å². The van der Waals surface area contributed by atoms with Crippen LogP contribution in [0.4, 0.5) is 0 Å². The Balaban J connectivity index is 2.34. The van der Waals surface area contributed by atoms with E-state index < -0.39 is 0 Å². The van der Waals surface area contributed by atoms with E-state index in [1.54, 1.807) is 6.20 Å². The monoisotopic (exact) mass is 202 g/mol. The van der Waals surface area contributed by atoms with Crippen LogP contribution in [0.5, 0.6) is 0 Å². The van der Waals surface area contributed by atoms with Gasteiger partial charge in [-0.15, -0.1) is 0 Å². The highest BCUT2D eigenvalue weighted by Crippen LogP contribution is 2.27. The van der Waals surface area contributed by atoms with Gasteiger partial charge in [-0.2, -0.15) is 0 Å². The van der Waals surface area contributed by atoms with Crippen molar-refractivity contribution in [2.75, 3.05) is 13.1 Å². The van der Waals surface area contributed by atoms with E-state index in [9.17, 15) is 0 Å². The van der Waals surface area contributed by atoms with Gasteiger partial charge in [0.05, 0.1) is 5.02 Å². The van der Waals surface area contributed by atoms with Gasteiger partial charge in [0.1, 0.15) is 5.15 Å². The third kappa shape index (κ3) is 1.42. The van der Waals surface area contributed by atoms with Crippen LogP contribution in [0.25, 0.3) is 0 Å². The molecule has 0 radical (unpaired) electrons. The summed E-state index contributed by atoms with van der Waals surface area (Å²) in [6.45, 7) is 1.95.